The number of hydrogen-bond acceptors (Lipinski definition) is 2. The molecular formula is C8H10O2. The van der Waals surface area contributed by atoms with Crippen LogP contribution in [0.4, 0.5) is 0 Å². The molecule has 0 aliphatic heterocycles. The average Bonchev–Trinajstić information content (AvgIpc) is 2.05. The van der Waals surface area contributed by atoms with Crippen molar-refractivity contribution in [3.05, 3.63) is 0 Å². The first kappa shape index (κ1) is 7.45. The maximum absolute atomic E-state index is 10.1. The van der Waals surface area contributed by atoms with Crippen molar-refractivity contribution in [1.82, 2.24) is 0 Å². The van der Waals surface area contributed by atoms with Crippen molar-refractivity contribution in [2.75, 3.05) is 0 Å². The molecule has 0 spiro atoms. The molecular weight excluding hydrogens is 128 g/mol. The highest BCUT2D eigenvalue weighted by molar-refractivity contribution is 5.57. The van der Waals surface area contributed by atoms with Gasteiger partial charge < -0.3 is 0 Å². The average molecular weight is 138 g/mol. The van der Waals surface area contributed by atoms with Gasteiger partial charge in [0.25, 0.3) is 0 Å². The molecule has 2 nitrogen and oxygen atoms in total. The Balaban J connectivity index is 2.30. The molecule has 0 aromatic heterocycles. The lowest BCUT2D eigenvalue weighted by molar-refractivity contribution is 0.362. The first-order valence-corrected chi connectivity index (χ1v) is 3.62. The Morgan fingerprint density at radius 2 is 1.10 bits per heavy atom. The number of hydrogen-bond donors (Lipinski definition) is 0. The minimum Gasteiger partial charge on any atom is -0.291 e. The van der Waals surface area contributed by atoms with Gasteiger partial charge in [0.05, 0.1) is 0 Å². The number of carbonyl (C=O) groups excluding carboxylic acids is 2. The van der Waals surface area contributed by atoms with Crippen LogP contribution in [0.3, 0.4) is 0 Å². The van der Waals surface area contributed by atoms with Crippen LogP contribution in [-0.4, -0.2) is 12.6 Å². The maximum Gasteiger partial charge on any atom is 0.201 e. The minimum absolute atomic E-state index is 0.0876. The van der Waals surface area contributed by atoms with Crippen LogP contribution >= 0.6 is 0 Å². The second-order valence-electron chi connectivity index (χ2n) is 2.78. The van der Waals surface area contributed by atoms with Crippen LogP contribution in [0.15, 0.2) is 0 Å². The Bertz CT molecular complexity index is 107. The highest BCUT2D eigenvalue weighted by Gasteiger charge is 2.20. The summed E-state index contributed by atoms with van der Waals surface area (Å²) in [6.45, 7) is 0. The zero-order valence-corrected chi connectivity index (χ0v) is 5.80. The fourth-order valence-corrected chi connectivity index (χ4v) is 1.33. The molecule has 1 aliphatic carbocycles. The lowest BCUT2D eigenvalue weighted by Gasteiger charge is -2.19. The third-order valence-electron chi connectivity index (χ3n) is 2.06. The Hall–Kier alpha value is -0.660. The van der Waals surface area contributed by atoms with E-state index >= 15 is 0 Å². The normalized spacial score (nSPS) is 33.2. The Morgan fingerprint density at radius 3 is 1.30 bits per heavy atom. The summed E-state index contributed by atoms with van der Waals surface area (Å²) in [4.78, 5) is 20.3. The van der Waals surface area contributed by atoms with Gasteiger partial charge in [0.2, 0.25) is 12.6 Å². The molecule has 0 heterocycles. The topological polar surface area (TPSA) is 34.1 Å². The van der Waals surface area contributed by atoms with Gasteiger partial charge in [0, 0.05) is 11.8 Å². The van der Waals surface area contributed by atoms with E-state index in [0.717, 1.165) is 25.7 Å². The SMILES string of the molecule is O=[C]C1CCC([C]=O)CC1. The van der Waals surface area contributed by atoms with E-state index in [2.05, 4.69) is 0 Å². The first-order chi connectivity index (χ1) is 4.86. The molecule has 54 valence electrons. The van der Waals surface area contributed by atoms with Crippen LogP contribution in [0, 0.1) is 11.8 Å². The molecule has 0 atom stereocenters. The maximum atomic E-state index is 10.1. The molecule has 1 saturated carbocycles. The molecule has 1 rings (SSSR count). The van der Waals surface area contributed by atoms with E-state index in [9.17, 15) is 9.59 Å². The van der Waals surface area contributed by atoms with E-state index in [-0.39, 0.29) is 11.8 Å². The molecule has 1 fully saturated rings. The van der Waals surface area contributed by atoms with E-state index in [1.54, 1.807) is 0 Å². The van der Waals surface area contributed by atoms with Gasteiger partial charge in [-0.1, -0.05) is 0 Å². The van der Waals surface area contributed by atoms with Crippen LogP contribution < -0.4 is 0 Å². The largest absolute Gasteiger partial charge is 0.291 e. The van der Waals surface area contributed by atoms with Gasteiger partial charge in [-0.15, -0.1) is 0 Å². The van der Waals surface area contributed by atoms with Crippen molar-refractivity contribution in [3.63, 3.8) is 0 Å². The van der Waals surface area contributed by atoms with E-state index in [4.69, 9.17) is 0 Å². The molecule has 0 aromatic rings. The summed E-state index contributed by atoms with van der Waals surface area (Å²) < 4.78 is 0. The van der Waals surface area contributed by atoms with Crippen molar-refractivity contribution in [2.24, 2.45) is 11.8 Å². The second-order valence-corrected chi connectivity index (χ2v) is 2.78. The predicted octanol–water partition coefficient (Wildman–Crippen LogP) is 1.01. The van der Waals surface area contributed by atoms with Crippen molar-refractivity contribution in [3.8, 4) is 0 Å². The summed E-state index contributed by atoms with van der Waals surface area (Å²) in [5, 5.41) is 0. The minimum atomic E-state index is 0.0876. The lowest BCUT2D eigenvalue weighted by Crippen LogP contribution is -2.15. The molecule has 0 aromatic carbocycles. The summed E-state index contributed by atoms with van der Waals surface area (Å²) in [5.74, 6) is 0.175. The third-order valence-corrected chi connectivity index (χ3v) is 2.06. The summed E-state index contributed by atoms with van der Waals surface area (Å²) in [5.41, 5.74) is 0. The molecule has 0 saturated heterocycles. The molecule has 2 radical (unpaired) electrons. The van der Waals surface area contributed by atoms with Crippen molar-refractivity contribution in [2.45, 2.75) is 25.7 Å². The van der Waals surface area contributed by atoms with E-state index in [1.165, 1.54) is 0 Å². The zero-order valence-electron chi connectivity index (χ0n) is 5.80. The molecule has 1 aliphatic rings. The van der Waals surface area contributed by atoms with E-state index in [0.29, 0.717) is 0 Å². The van der Waals surface area contributed by atoms with Gasteiger partial charge >= 0.3 is 0 Å². The molecule has 10 heavy (non-hydrogen) atoms. The summed E-state index contributed by atoms with van der Waals surface area (Å²) >= 11 is 0. The van der Waals surface area contributed by atoms with Gasteiger partial charge in [0.15, 0.2) is 0 Å². The standard InChI is InChI=1S/C8H10O2/c9-5-7-1-2-8(6-10)4-3-7/h7-8H,1-4H2. The lowest BCUT2D eigenvalue weighted by atomic mass is 9.84. The fourth-order valence-electron chi connectivity index (χ4n) is 1.33. The summed E-state index contributed by atoms with van der Waals surface area (Å²) in [6, 6.07) is 0. The predicted molar refractivity (Wildman–Crippen MR) is 36.8 cm³/mol. The Labute approximate surface area is 60.6 Å². The summed E-state index contributed by atoms with van der Waals surface area (Å²) in [7, 11) is 0. The van der Waals surface area contributed by atoms with Crippen LogP contribution in [0.1, 0.15) is 25.7 Å². The van der Waals surface area contributed by atoms with Gasteiger partial charge in [-0.2, -0.15) is 0 Å². The third kappa shape index (κ3) is 1.66. The van der Waals surface area contributed by atoms with Crippen LogP contribution in [0.5, 0.6) is 0 Å². The van der Waals surface area contributed by atoms with Crippen molar-refractivity contribution >= 4 is 12.6 Å². The highest BCUT2D eigenvalue weighted by Crippen LogP contribution is 2.25. The van der Waals surface area contributed by atoms with Crippen molar-refractivity contribution < 1.29 is 9.59 Å². The molecule has 0 amide bonds. The first-order valence-electron chi connectivity index (χ1n) is 3.62. The molecule has 0 bridgehead atoms. The van der Waals surface area contributed by atoms with Gasteiger partial charge in [-0.3, -0.25) is 9.59 Å². The molecule has 0 unspecified atom stereocenters. The Kier molecular flexibility index (Phi) is 2.60. The van der Waals surface area contributed by atoms with E-state index in [1.807, 2.05) is 12.6 Å². The molecule has 0 N–H and O–H groups in total. The zero-order chi connectivity index (χ0) is 7.40. The van der Waals surface area contributed by atoms with E-state index < -0.39 is 0 Å². The number of rotatable bonds is 2. The fraction of sp³-hybridized carbons (Fsp3) is 0.750. The quantitative estimate of drug-likeness (QED) is 0.570. The second kappa shape index (κ2) is 3.49. The Morgan fingerprint density at radius 1 is 0.800 bits per heavy atom. The van der Waals surface area contributed by atoms with Gasteiger partial charge in [0.1, 0.15) is 0 Å². The van der Waals surface area contributed by atoms with Gasteiger partial charge in [-0.05, 0) is 25.7 Å². The van der Waals surface area contributed by atoms with Crippen LogP contribution in [0.25, 0.3) is 0 Å². The van der Waals surface area contributed by atoms with Crippen molar-refractivity contribution in [1.29, 1.82) is 0 Å². The molecule has 2 heteroatoms. The van der Waals surface area contributed by atoms with Crippen LogP contribution in [0.2, 0.25) is 0 Å². The smallest absolute Gasteiger partial charge is 0.201 e. The monoisotopic (exact) mass is 138 g/mol. The van der Waals surface area contributed by atoms with Gasteiger partial charge in [-0.25, -0.2) is 0 Å². The highest BCUT2D eigenvalue weighted by atomic mass is 16.1. The summed E-state index contributed by atoms with van der Waals surface area (Å²) in [6.07, 6.45) is 7.23. The van der Waals surface area contributed by atoms with Crippen LogP contribution in [-0.2, 0) is 9.59 Å².